The van der Waals surface area contributed by atoms with Crippen molar-refractivity contribution in [2.45, 2.75) is 20.8 Å². The molecule has 0 spiro atoms. The molecule has 21 heavy (non-hydrogen) atoms. The van der Waals surface area contributed by atoms with E-state index in [2.05, 4.69) is 62.2 Å². The fourth-order valence-electron chi connectivity index (χ4n) is 2.68. The minimum Gasteiger partial charge on any atom is -0.389 e. The van der Waals surface area contributed by atoms with Crippen LogP contribution in [0, 0.1) is 20.8 Å². The van der Waals surface area contributed by atoms with E-state index >= 15 is 0 Å². The number of fused-ring (bicyclic) bond motifs is 1. The molecule has 1 aromatic heterocycles. The van der Waals surface area contributed by atoms with Crippen LogP contribution in [-0.2, 0) is 0 Å². The Kier molecular flexibility index (Phi) is 3.30. The molecule has 0 aliphatic carbocycles. The van der Waals surface area contributed by atoms with Crippen LogP contribution in [-0.4, -0.2) is 9.97 Å². The molecule has 3 N–H and O–H groups in total. The zero-order valence-electron chi connectivity index (χ0n) is 12.4. The molecule has 0 atom stereocenters. The Morgan fingerprint density at radius 2 is 1.76 bits per heavy atom. The quantitative estimate of drug-likeness (QED) is 0.688. The lowest BCUT2D eigenvalue weighted by Gasteiger charge is -2.06. The maximum absolute atomic E-state index is 5.99. The first-order valence-corrected chi connectivity index (χ1v) is 7.38. The fourth-order valence-corrected chi connectivity index (χ4v) is 2.89. The van der Waals surface area contributed by atoms with Crippen LogP contribution < -0.4 is 5.73 Å². The van der Waals surface area contributed by atoms with Gasteiger partial charge in [-0.15, -0.1) is 0 Å². The first kappa shape index (κ1) is 13.8. The van der Waals surface area contributed by atoms with Gasteiger partial charge in [0.15, 0.2) is 0 Å². The van der Waals surface area contributed by atoms with Gasteiger partial charge < -0.3 is 10.7 Å². The summed E-state index contributed by atoms with van der Waals surface area (Å²) < 4.78 is 0. The molecule has 0 aliphatic rings. The van der Waals surface area contributed by atoms with Gasteiger partial charge in [-0.1, -0.05) is 36.0 Å². The van der Waals surface area contributed by atoms with Crippen LogP contribution in [0.3, 0.4) is 0 Å². The van der Waals surface area contributed by atoms with Crippen molar-refractivity contribution in [1.29, 1.82) is 0 Å². The van der Waals surface area contributed by atoms with E-state index in [-0.39, 0.29) is 0 Å². The smallest absolute Gasteiger partial charge is 0.106 e. The van der Waals surface area contributed by atoms with Crippen LogP contribution in [0.5, 0.6) is 0 Å². The van der Waals surface area contributed by atoms with E-state index in [4.69, 9.17) is 18.0 Å². The maximum atomic E-state index is 5.99. The molecule has 0 saturated heterocycles. The third kappa shape index (κ3) is 2.34. The normalized spacial score (nSPS) is 11.0. The zero-order valence-corrected chi connectivity index (χ0v) is 13.3. The van der Waals surface area contributed by atoms with Crippen LogP contribution in [0.25, 0.3) is 22.2 Å². The number of aryl methyl sites for hydroxylation is 3. The number of nitrogens with one attached hydrogen (secondary N) is 1. The van der Waals surface area contributed by atoms with Gasteiger partial charge >= 0.3 is 0 Å². The number of benzene rings is 2. The van der Waals surface area contributed by atoms with Crippen LogP contribution in [0.4, 0.5) is 0 Å². The molecule has 0 amide bonds. The van der Waals surface area contributed by atoms with E-state index in [1.165, 1.54) is 16.7 Å². The highest BCUT2D eigenvalue weighted by molar-refractivity contribution is 7.80. The predicted molar refractivity (Wildman–Crippen MR) is 93.8 cm³/mol. The summed E-state index contributed by atoms with van der Waals surface area (Å²) in [5, 5.41) is 1.09. The molecule has 2 aromatic carbocycles. The molecule has 2 nitrogen and oxygen atoms in total. The molecule has 0 bridgehead atoms. The lowest BCUT2D eigenvalue weighted by Crippen LogP contribution is -2.10. The Labute approximate surface area is 130 Å². The summed E-state index contributed by atoms with van der Waals surface area (Å²) in [5.74, 6) is 0. The molecular weight excluding hydrogens is 276 g/mol. The lowest BCUT2D eigenvalue weighted by atomic mass is 10.0. The molecule has 0 fully saturated rings. The Hall–Kier alpha value is -2.13. The van der Waals surface area contributed by atoms with Crippen LogP contribution in [0.15, 0.2) is 36.4 Å². The highest BCUT2D eigenvalue weighted by atomic mass is 32.1. The van der Waals surface area contributed by atoms with Crippen LogP contribution >= 0.6 is 12.2 Å². The standard InChI is InChI=1S/C18H18N2S/c1-10-4-7-15-14(8-10)16(18(19)21)17(20-15)13-6-5-11(2)12(3)9-13/h4-9,20H,1-3H3,(H2,19,21). The van der Waals surface area contributed by atoms with E-state index in [0.29, 0.717) is 4.99 Å². The number of rotatable bonds is 2. The van der Waals surface area contributed by atoms with Gasteiger partial charge in [0.2, 0.25) is 0 Å². The third-order valence-corrected chi connectivity index (χ3v) is 4.20. The molecule has 1 heterocycles. The molecule has 3 heteroatoms. The van der Waals surface area contributed by atoms with Gasteiger partial charge in [0.05, 0.1) is 5.69 Å². The van der Waals surface area contributed by atoms with Crippen molar-refractivity contribution >= 4 is 28.1 Å². The topological polar surface area (TPSA) is 41.8 Å². The second-order valence-electron chi connectivity index (χ2n) is 5.59. The highest BCUT2D eigenvalue weighted by Crippen LogP contribution is 2.31. The van der Waals surface area contributed by atoms with Gasteiger partial charge in [-0.05, 0) is 55.7 Å². The van der Waals surface area contributed by atoms with E-state index in [0.717, 1.165) is 27.7 Å². The number of aromatic nitrogens is 1. The first-order chi connectivity index (χ1) is 9.97. The molecule has 3 rings (SSSR count). The highest BCUT2D eigenvalue weighted by Gasteiger charge is 2.15. The molecule has 3 aromatic rings. The Morgan fingerprint density at radius 3 is 2.43 bits per heavy atom. The Bertz CT molecular complexity index is 859. The molecule has 0 unspecified atom stereocenters. The van der Waals surface area contributed by atoms with E-state index in [9.17, 15) is 0 Å². The van der Waals surface area contributed by atoms with Crippen molar-refractivity contribution < 1.29 is 0 Å². The summed E-state index contributed by atoms with van der Waals surface area (Å²) in [7, 11) is 0. The number of hydrogen-bond acceptors (Lipinski definition) is 1. The Balaban J connectivity index is 2.33. The van der Waals surface area contributed by atoms with Crippen molar-refractivity contribution in [3.05, 3.63) is 58.7 Å². The average Bonchev–Trinajstić information content (AvgIpc) is 2.80. The van der Waals surface area contributed by atoms with Crippen molar-refractivity contribution in [1.82, 2.24) is 4.98 Å². The number of H-pyrrole nitrogens is 1. The summed E-state index contributed by atoms with van der Waals surface area (Å²) in [6.45, 7) is 6.31. The largest absolute Gasteiger partial charge is 0.389 e. The maximum Gasteiger partial charge on any atom is 0.106 e. The minimum absolute atomic E-state index is 0.431. The first-order valence-electron chi connectivity index (χ1n) is 6.97. The summed E-state index contributed by atoms with van der Waals surface area (Å²) in [4.78, 5) is 3.90. The van der Waals surface area contributed by atoms with Gasteiger partial charge in [0, 0.05) is 16.5 Å². The SMILES string of the molecule is Cc1ccc2[nH]c(-c3ccc(C)c(C)c3)c(C(N)=S)c2c1. The van der Waals surface area contributed by atoms with Crippen LogP contribution in [0.1, 0.15) is 22.3 Å². The van der Waals surface area contributed by atoms with Crippen molar-refractivity contribution in [2.75, 3.05) is 0 Å². The zero-order chi connectivity index (χ0) is 15.1. The summed E-state index contributed by atoms with van der Waals surface area (Å²) in [5.41, 5.74) is 13.9. The van der Waals surface area contributed by atoms with Crippen molar-refractivity contribution in [3.8, 4) is 11.3 Å². The number of thiocarbonyl (C=S) groups is 1. The van der Waals surface area contributed by atoms with Gasteiger partial charge in [-0.2, -0.15) is 0 Å². The number of aromatic amines is 1. The molecule has 0 radical (unpaired) electrons. The molecular formula is C18H18N2S. The van der Waals surface area contributed by atoms with Gasteiger partial charge in [0.1, 0.15) is 4.99 Å². The number of nitrogens with two attached hydrogens (primary N) is 1. The van der Waals surface area contributed by atoms with Gasteiger partial charge in [-0.3, -0.25) is 0 Å². The second kappa shape index (κ2) is 5.01. The number of hydrogen-bond donors (Lipinski definition) is 2. The molecule has 0 saturated carbocycles. The van der Waals surface area contributed by atoms with E-state index in [1.807, 2.05) is 0 Å². The summed E-state index contributed by atoms with van der Waals surface area (Å²) >= 11 is 5.29. The van der Waals surface area contributed by atoms with Crippen molar-refractivity contribution in [2.24, 2.45) is 5.73 Å². The van der Waals surface area contributed by atoms with Crippen molar-refractivity contribution in [3.63, 3.8) is 0 Å². The van der Waals surface area contributed by atoms with E-state index in [1.54, 1.807) is 0 Å². The molecule has 0 aliphatic heterocycles. The average molecular weight is 294 g/mol. The summed E-state index contributed by atoms with van der Waals surface area (Å²) in [6.07, 6.45) is 0. The fraction of sp³-hybridized carbons (Fsp3) is 0.167. The van der Waals surface area contributed by atoms with Crippen LogP contribution in [0.2, 0.25) is 0 Å². The monoisotopic (exact) mass is 294 g/mol. The Morgan fingerprint density at radius 1 is 1.00 bits per heavy atom. The second-order valence-corrected chi connectivity index (χ2v) is 6.03. The molecule has 106 valence electrons. The van der Waals surface area contributed by atoms with E-state index < -0.39 is 0 Å². The summed E-state index contributed by atoms with van der Waals surface area (Å²) in [6, 6.07) is 12.7. The minimum atomic E-state index is 0.431. The van der Waals surface area contributed by atoms with Gasteiger partial charge in [-0.25, -0.2) is 0 Å². The lowest BCUT2D eigenvalue weighted by molar-refractivity contribution is 1.33. The van der Waals surface area contributed by atoms with Gasteiger partial charge in [0.25, 0.3) is 0 Å². The predicted octanol–water partition coefficient (Wildman–Crippen LogP) is 4.39. The third-order valence-electron chi connectivity index (χ3n) is 4.00.